The van der Waals surface area contributed by atoms with Crippen molar-refractivity contribution >= 4 is 29.0 Å². The highest BCUT2D eigenvalue weighted by Gasteiger charge is 2.17. The second kappa shape index (κ2) is 6.41. The normalized spacial score (nSPS) is 11.6. The largest absolute Gasteiger partial charge is 0.368 e. The number of halogens is 2. The maximum atomic E-state index is 5.99. The third kappa shape index (κ3) is 4.32. The lowest BCUT2D eigenvalue weighted by Crippen LogP contribution is -2.25. The monoisotopic (exact) mass is 275 g/mol. The Labute approximate surface area is 113 Å². The predicted octanol–water partition coefficient (Wildman–Crippen LogP) is 4.12. The van der Waals surface area contributed by atoms with Crippen LogP contribution in [0.5, 0.6) is 0 Å². The van der Waals surface area contributed by atoms with Crippen molar-refractivity contribution in [1.82, 2.24) is 9.97 Å². The Hall–Kier alpha value is -0.540. The maximum absolute atomic E-state index is 5.99. The van der Waals surface area contributed by atoms with Gasteiger partial charge in [-0.05, 0) is 29.4 Å². The molecule has 0 aliphatic heterocycles. The molecule has 17 heavy (non-hydrogen) atoms. The van der Waals surface area contributed by atoms with Gasteiger partial charge in [-0.1, -0.05) is 39.3 Å². The number of hydrogen-bond donors (Lipinski definition) is 1. The van der Waals surface area contributed by atoms with Crippen LogP contribution in [0, 0.1) is 17.8 Å². The Bertz CT molecular complexity index is 359. The summed E-state index contributed by atoms with van der Waals surface area (Å²) in [6, 6.07) is 0. The molecule has 0 unspecified atom stereocenters. The summed E-state index contributed by atoms with van der Waals surface area (Å²) >= 11 is 11.7. The molecule has 0 fully saturated rings. The van der Waals surface area contributed by atoms with Gasteiger partial charge in [0.1, 0.15) is 10.8 Å². The average molecular weight is 276 g/mol. The highest BCUT2D eigenvalue weighted by molar-refractivity contribution is 6.33. The van der Waals surface area contributed by atoms with Crippen LogP contribution < -0.4 is 5.32 Å². The van der Waals surface area contributed by atoms with E-state index >= 15 is 0 Å². The average Bonchev–Trinajstić information content (AvgIpc) is 2.22. The van der Waals surface area contributed by atoms with Crippen molar-refractivity contribution < 1.29 is 0 Å². The number of nitrogens with zero attached hydrogens (tertiary/aromatic N) is 2. The van der Waals surface area contributed by atoms with Gasteiger partial charge in [-0.2, -0.15) is 4.98 Å². The number of rotatable bonds is 5. The van der Waals surface area contributed by atoms with E-state index in [1.807, 2.05) is 0 Å². The quantitative estimate of drug-likeness (QED) is 0.822. The smallest absolute Gasteiger partial charge is 0.224 e. The van der Waals surface area contributed by atoms with Crippen molar-refractivity contribution in [1.29, 1.82) is 0 Å². The van der Waals surface area contributed by atoms with Gasteiger partial charge in [0.2, 0.25) is 5.28 Å². The van der Waals surface area contributed by atoms with Gasteiger partial charge in [-0.25, -0.2) is 4.98 Å². The first-order valence-electron chi connectivity index (χ1n) is 5.83. The molecule has 1 aromatic heterocycles. The first-order chi connectivity index (χ1) is 7.91. The van der Waals surface area contributed by atoms with E-state index in [-0.39, 0.29) is 5.28 Å². The minimum atomic E-state index is 0.211. The Morgan fingerprint density at radius 3 is 2.29 bits per heavy atom. The summed E-state index contributed by atoms with van der Waals surface area (Å²) in [7, 11) is 0. The SMILES string of the molecule is CC(C)C(CNc1nc(Cl)ncc1Cl)C(C)C. The van der Waals surface area contributed by atoms with Gasteiger partial charge in [0.05, 0.1) is 6.20 Å². The van der Waals surface area contributed by atoms with Crippen molar-refractivity contribution in [2.24, 2.45) is 17.8 Å². The first-order valence-corrected chi connectivity index (χ1v) is 6.59. The lowest BCUT2D eigenvalue weighted by atomic mass is 9.85. The van der Waals surface area contributed by atoms with Gasteiger partial charge in [0, 0.05) is 6.54 Å². The van der Waals surface area contributed by atoms with E-state index in [9.17, 15) is 0 Å². The van der Waals surface area contributed by atoms with Crippen molar-refractivity contribution in [2.75, 3.05) is 11.9 Å². The van der Waals surface area contributed by atoms with E-state index in [2.05, 4.69) is 43.0 Å². The summed E-state index contributed by atoms with van der Waals surface area (Å²) in [4.78, 5) is 7.89. The molecule has 3 nitrogen and oxygen atoms in total. The molecule has 0 atom stereocenters. The van der Waals surface area contributed by atoms with Gasteiger partial charge in [-0.3, -0.25) is 0 Å². The molecule has 1 N–H and O–H groups in total. The fourth-order valence-electron chi connectivity index (χ4n) is 1.93. The van der Waals surface area contributed by atoms with E-state index < -0.39 is 0 Å². The molecule has 1 heterocycles. The van der Waals surface area contributed by atoms with Gasteiger partial charge >= 0.3 is 0 Å². The fraction of sp³-hybridized carbons (Fsp3) is 0.667. The van der Waals surface area contributed by atoms with Gasteiger partial charge in [0.15, 0.2) is 0 Å². The summed E-state index contributed by atoms with van der Waals surface area (Å²) in [5.74, 6) is 2.40. The van der Waals surface area contributed by atoms with Crippen LogP contribution in [0.3, 0.4) is 0 Å². The molecule has 0 aliphatic carbocycles. The van der Waals surface area contributed by atoms with Gasteiger partial charge < -0.3 is 5.32 Å². The minimum absolute atomic E-state index is 0.211. The van der Waals surface area contributed by atoms with E-state index in [0.29, 0.717) is 28.6 Å². The number of anilines is 1. The molecule has 0 radical (unpaired) electrons. The summed E-state index contributed by atoms with van der Waals surface area (Å²) in [5, 5.41) is 3.96. The molecule has 0 aromatic carbocycles. The molecule has 0 amide bonds. The Morgan fingerprint density at radius 2 is 1.76 bits per heavy atom. The number of nitrogens with one attached hydrogen (secondary N) is 1. The molecule has 0 spiro atoms. The van der Waals surface area contributed by atoms with Crippen LogP contribution in [-0.4, -0.2) is 16.5 Å². The van der Waals surface area contributed by atoms with E-state index in [4.69, 9.17) is 23.2 Å². The lowest BCUT2D eigenvalue weighted by molar-refractivity contribution is 0.304. The Morgan fingerprint density at radius 1 is 1.18 bits per heavy atom. The van der Waals surface area contributed by atoms with Crippen molar-refractivity contribution in [3.8, 4) is 0 Å². The van der Waals surface area contributed by atoms with Crippen molar-refractivity contribution in [3.63, 3.8) is 0 Å². The molecule has 0 saturated heterocycles. The van der Waals surface area contributed by atoms with E-state index in [1.165, 1.54) is 6.20 Å². The summed E-state index contributed by atoms with van der Waals surface area (Å²) < 4.78 is 0. The third-order valence-corrected chi connectivity index (χ3v) is 3.39. The second-order valence-corrected chi connectivity index (χ2v) is 5.61. The van der Waals surface area contributed by atoms with E-state index in [1.54, 1.807) is 0 Å². The topological polar surface area (TPSA) is 37.8 Å². The maximum Gasteiger partial charge on any atom is 0.224 e. The van der Waals surface area contributed by atoms with Crippen molar-refractivity contribution in [3.05, 3.63) is 16.5 Å². The molecular weight excluding hydrogens is 257 g/mol. The van der Waals surface area contributed by atoms with E-state index in [0.717, 1.165) is 6.54 Å². The van der Waals surface area contributed by atoms with Crippen LogP contribution >= 0.6 is 23.2 Å². The van der Waals surface area contributed by atoms with Crippen LogP contribution in [0.1, 0.15) is 27.7 Å². The second-order valence-electron chi connectivity index (χ2n) is 4.87. The Balaban J connectivity index is 2.68. The fourth-order valence-corrected chi connectivity index (χ4v) is 2.22. The highest BCUT2D eigenvalue weighted by atomic mass is 35.5. The van der Waals surface area contributed by atoms with Crippen LogP contribution in [0.4, 0.5) is 5.82 Å². The summed E-state index contributed by atoms with van der Waals surface area (Å²) in [5.41, 5.74) is 0. The summed E-state index contributed by atoms with van der Waals surface area (Å²) in [6.07, 6.45) is 1.51. The zero-order valence-corrected chi connectivity index (χ0v) is 12.2. The molecule has 1 aromatic rings. The molecule has 0 bridgehead atoms. The van der Waals surface area contributed by atoms with Crippen LogP contribution in [0.2, 0.25) is 10.3 Å². The number of aromatic nitrogens is 2. The molecule has 96 valence electrons. The third-order valence-electron chi connectivity index (χ3n) is 2.93. The van der Waals surface area contributed by atoms with Crippen molar-refractivity contribution in [2.45, 2.75) is 27.7 Å². The zero-order valence-electron chi connectivity index (χ0n) is 10.7. The number of hydrogen-bond acceptors (Lipinski definition) is 3. The predicted molar refractivity (Wildman–Crippen MR) is 73.7 cm³/mol. The molecule has 1 rings (SSSR count). The molecule has 5 heteroatoms. The highest BCUT2D eigenvalue weighted by Crippen LogP contribution is 2.24. The Kier molecular flexibility index (Phi) is 5.47. The molecule has 0 saturated carbocycles. The van der Waals surface area contributed by atoms with Crippen LogP contribution in [0.15, 0.2) is 6.20 Å². The standard InChI is InChI=1S/C12H19Cl2N3/c1-7(2)9(8(3)4)5-15-11-10(13)6-16-12(14)17-11/h6-9H,5H2,1-4H3,(H,15,16,17). The zero-order chi connectivity index (χ0) is 13.0. The van der Waals surface area contributed by atoms with Crippen LogP contribution in [0.25, 0.3) is 0 Å². The van der Waals surface area contributed by atoms with Gasteiger partial charge in [-0.15, -0.1) is 0 Å². The van der Waals surface area contributed by atoms with Gasteiger partial charge in [0.25, 0.3) is 0 Å². The molecule has 0 aliphatic rings. The lowest BCUT2D eigenvalue weighted by Gasteiger charge is -2.25. The van der Waals surface area contributed by atoms with Crippen LogP contribution in [-0.2, 0) is 0 Å². The molecular formula is C12H19Cl2N3. The minimum Gasteiger partial charge on any atom is -0.368 e. The summed E-state index contributed by atoms with van der Waals surface area (Å²) in [6.45, 7) is 9.73. The first kappa shape index (κ1) is 14.5.